The Bertz CT molecular complexity index is 297. The number of hydroxylamine groups is 1. The van der Waals surface area contributed by atoms with Crippen LogP contribution in [-0.4, -0.2) is 17.4 Å². The summed E-state index contributed by atoms with van der Waals surface area (Å²) in [6.07, 6.45) is 8.75. The largest absolute Gasteiger partial charge is 0.367 e. The Balaban J connectivity index is 1.90. The van der Waals surface area contributed by atoms with Crippen LogP contribution in [-0.2, 0) is 0 Å². The summed E-state index contributed by atoms with van der Waals surface area (Å²) in [7, 11) is 0. The molecule has 2 rings (SSSR count). The first-order chi connectivity index (χ1) is 6.79. The quantitative estimate of drug-likeness (QED) is 0.259. The number of nitrogens with one attached hydrogen (secondary N) is 1. The second kappa shape index (κ2) is 3.79. The molecular weight excluding hydrogens is 180 g/mol. The van der Waals surface area contributed by atoms with Crippen LogP contribution in [0.4, 0.5) is 0 Å². The van der Waals surface area contributed by atoms with Crippen molar-refractivity contribution in [3.8, 4) is 0 Å². The predicted molar refractivity (Wildman–Crippen MR) is 53.9 cm³/mol. The lowest BCUT2D eigenvalue weighted by molar-refractivity contribution is 0.232. The van der Waals surface area contributed by atoms with Crippen LogP contribution in [0.3, 0.4) is 0 Å². The summed E-state index contributed by atoms with van der Waals surface area (Å²) in [5.74, 6) is 1.76. The molecular formula is C9H14N4O. The molecule has 1 saturated carbocycles. The van der Waals surface area contributed by atoms with Crippen LogP contribution < -0.4 is 11.2 Å². The van der Waals surface area contributed by atoms with Crippen molar-refractivity contribution in [2.24, 2.45) is 33.7 Å². The third kappa shape index (κ3) is 1.77. The van der Waals surface area contributed by atoms with Gasteiger partial charge in [-0.2, -0.15) is 5.10 Å². The number of nitrogens with zero attached hydrogens (tertiary/aromatic N) is 2. The molecule has 76 valence electrons. The molecule has 0 spiro atoms. The topological polar surface area (TPSA) is 83.0 Å². The molecule has 0 radical (unpaired) electrons. The fourth-order valence-electron chi connectivity index (χ4n) is 2.20. The average Bonchev–Trinajstić information content (AvgIpc) is 2.79. The number of allylic oxidation sites excluding steroid dienone is 2. The van der Waals surface area contributed by atoms with Crippen LogP contribution in [0.2, 0.25) is 0 Å². The molecule has 2 aliphatic rings. The second-order valence-electron chi connectivity index (χ2n) is 3.81. The Hall–Kier alpha value is -1.36. The van der Waals surface area contributed by atoms with Gasteiger partial charge in [0.05, 0.1) is 0 Å². The molecule has 0 saturated heterocycles. The number of rotatable bonds is 2. The third-order valence-electron chi connectivity index (χ3n) is 2.87. The van der Waals surface area contributed by atoms with Crippen molar-refractivity contribution in [1.29, 1.82) is 0 Å². The maximum Gasteiger partial charge on any atom is 0.237 e. The highest BCUT2D eigenvalue weighted by Crippen LogP contribution is 2.42. The lowest BCUT2D eigenvalue weighted by Crippen LogP contribution is -2.27. The van der Waals surface area contributed by atoms with E-state index in [0.29, 0.717) is 11.8 Å². The van der Waals surface area contributed by atoms with Crippen LogP contribution in [0.15, 0.2) is 22.4 Å². The van der Waals surface area contributed by atoms with Crippen LogP contribution >= 0.6 is 0 Å². The summed E-state index contributed by atoms with van der Waals surface area (Å²) in [6.45, 7) is 0. The highest BCUT2D eigenvalue weighted by Gasteiger charge is 2.34. The molecule has 0 aromatic rings. The van der Waals surface area contributed by atoms with Gasteiger partial charge in [0.2, 0.25) is 5.96 Å². The Morgan fingerprint density at radius 3 is 2.93 bits per heavy atom. The monoisotopic (exact) mass is 194 g/mol. The summed E-state index contributed by atoms with van der Waals surface area (Å²) in [5.41, 5.74) is 6.92. The van der Waals surface area contributed by atoms with Gasteiger partial charge in [-0.05, 0) is 24.7 Å². The fraction of sp³-hybridized carbons (Fsp3) is 0.556. The minimum absolute atomic E-state index is 0.0834. The summed E-state index contributed by atoms with van der Waals surface area (Å²) >= 11 is 0. The van der Waals surface area contributed by atoms with Crippen molar-refractivity contribution in [1.82, 2.24) is 5.48 Å². The molecule has 5 nitrogen and oxygen atoms in total. The van der Waals surface area contributed by atoms with Crippen molar-refractivity contribution in [2.75, 3.05) is 0 Å². The predicted octanol–water partition coefficient (Wildman–Crippen LogP) is 0.478. The van der Waals surface area contributed by atoms with Gasteiger partial charge in [0.25, 0.3) is 0 Å². The van der Waals surface area contributed by atoms with Crippen LogP contribution in [0.5, 0.6) is 0 Å². The van der Waals surface area contributed by atoms with E-state index in [9.17, 15) is 0 Å². The van der Waals surface area contributed by atoms with E-state index in [1.165, 1.54) is 6.42 Å². The van der Waals surface area contributed by atoms with E-state index >= 15 is 0 Å². The molecule has 2 bridgehead atoms. The van der Waals surface area contributed by atoms with Gasteiger partial charge in [-0.1, -0.05) is 12.2 Å². The van der Waals surface area contributed by atoms with Gasteiger partial charge < -0.3 is 5.73 Å². The number of hydrogen-bond donors (Lipinski definition) is 3. The molecule has 2 aliphatic carbocycles. The molecule has 5 heteroatoms. The van der Waals surface area contributed by atoms with Crippen molar-refractivity contribution < 1.29 is 5.21 Å². The van der Waals surface area contributed by atoms with Gasteiger partial charge >= 0.3 is 0 Å². The SMILES string of the molecule is NC(=N/N=C/C1CC2C=CC1C2)NO. The fourth-order valence-corrected chi connectivity index (χ4v) is 2.20. The van der Waals surface area contributed by atoms with Crippen molar-refractivity contribution in [3.05, 3.63) is 12.2 Å². The minimum atomic E-state index is -0.0834. The van der Waals surface area contributed by atoms with E-state index in [4.69, 9.17) is 10.9 Å². The van der Waals surface area contributed by atoms with E-state index in [-0.39, 0.29) is 5.96 Å². The number of fused-ring (bicyclic) bond motifs is 2. The van der Waals surface area contributed by atoms with Crippen LogP contribution in [0, 0.1) is 17.8 Å². The van der Waals surface area contributed by atoms with Crippen molar-refractivity contribution in [3.63, 3.8) is 0 Å². The normalized spacial score (nSPS) is 35.8. The first-order valence-electron chi connectivity index (χ1n) is 4.74. The van der Waals surface area contributed by atoms with Crippen LogP contribution in [0.1, 0.15) is 12.8 Å². The number of nitrogens with two attached hydrogens (primary N) is 1. The molecule has 0 aromatic carbocycles. The number of hydrogen-bond acceptors (Lipinski definition) is 3. The summed E-state index contributed by atoms with van der Waals surface area (Å²) in [6, 6.07) is 0. The van der Waals surface area contributed by atoms with Crippen molar-refractivity contribution >= 4 is 12.2 Å². The Morgan fingerprint density at radius 2 is 2.36 bits per heavy atom. The van der Waals surface area contributed by atoms with Gasteiger partial charge in [0, 0.05) is 12.1 Å². The molecule has 4 N–H and O–H groups in total. The highest BCUT2D eigenvalue weighted by atomic mass is 16.5. The summed E-state index contributed by atoms with van der Waals surface area (Å²) in [5, 5.41) is 15.7. The molecule has 0 aliphatic heterocycles. The smallest absolute Gasteiger partial charge is 0.237 e. The van der Waals surface area contributed by atoms with Gasteiger partial charge in [-0.25, -0.2) is 5.48 Å². The van der Waals surface area contributed by atoms with Crippen molar-refractivity contribution in [2.45, 2.75) is 12.8 Å². The zero-order valence-electron chi connectivity index (χ0n) is 7.80. The van der Waals surface area contributed by atoms with Gasteiger partial charge in [0.1, 0.15) is 0 Å². The number of guanidine groups is 1. The summed E-state index contributed by atoms with van der Waals surface area (Å²) in [4.78, 5) is 0. The molecule has 0 amide bonds. The Kier molecular flexibility index (Phi) is 2.49. The Labute approximate surface area is 82.4 Å². The first-order valence-corrected chi connectivity index (χ1v) is 4.74. The molecule has 14 heavy (non-hydrogen) atoms. The molecule has 3 atom stereocenters. The lowest BCUT2D eigenvalue weighted by atomic mass is 9.95. The molecule has 0 aromatic heterocycles. The van der Waals surface area contributed by atoms with E-state index in [1.54, 1.807) is 5.48 Å². The zero-order valence-corrected chi connectivity index (χ0v) is 7.80. The second-order valence-corrected chi connectivity index (χ2v) is 3.81. The zero-order chi connectivity index (χ0) is 9.97. The van der Waals surface area contributed by atoms with Gasteiger partial charge in [-0.15, -0.1) is 5.10 Å². The summed E-state index contributed by atoms with van der Waals surface area (Å²) < 4.78 is 0. The maximum absolute atomic E-state index is 8.34. The highest BCUT2D eigenvalue weighted by molar-refractivity contribution is 5.77. The standard InChI is InChI=1S/C9H14N4O/c10-9(13-14)12-11-5-8-4-6-1-2-7(8)3-6/h1-2,5-8,14H,3-4H2,(H3,10,12,13)/b11-5+. The lowest BCUT2D eigenvalue weighted by Gasteiger charge is -2.10. The van der Waals surface area contributed by atoms with E-state index in [0.717, 1.165) is 12.3 Å². The first kappa shape index (κ1) is 9.21. The van der Waals surface area contributed by atoms with Gasteiger partial charge in [-0.3, -0.25) is 5.21 Å². The molecule has 1 fully saturated rings. The van der Waals surface area contributed by atoms with E-state index in [1.807, 2.05) is 6.21 Å². The van der Waals surface area contributed by atoms with E-state index in [2.05, 4.69) is 22.4 Å². The minimum Gasteiger partial charge on any atom is -0.367 e. The molecule has 0 heterocycles. The third-order valence-corrected chi connectivity index (χ3v) is 2.87. The van der Waals surface area contributed by atoms with Crippen LogP contribution in [0.25, 0.3) is 0 Å². The Morgan fingerprint density at radius 1 is 1.50 bits per heavy atom. The average molecular weight is 194 g/mol. The van der Waals surface area contributed by atoms with Gasteiger partial charge in [0.15, 0.2) is 0 Å². The van der Waals surface area contributed by atoms with E-state index < -0.39 is 0 Å². The molecule has 3 unspecified atom stereocenters. The maximum atomic E-state index is 8.34.